The molecule has 0 bridgehead atoms. The van der Waals surface area contributed by atoms with Crippen molar-refractivity contribution >= 4 is 23.6 Å². The molecule has 0 aliphatic rings. The topological polar surface area (TPSA) is 98.7 Å². The highest BCUT2D eigenvalue weighted by molar-refractivity contribution is 6.01. The summed E-state index contributed by atoms with van der Waals surface area (Å²) in [6, 6.07) is 4.07. The molecule has 0 spiro atoms. The predicted octanol–water partition coefficient (Wildman–Crippen LogP) is 1.29. The Hall–Kier alpha value is -2.57. The third kappa shape index (κ3) is 4.48. The average Bonchev–Trinajstić information content (AvgIpc) is 2.45. The number of hydrogen-bond donors (Lipinski definition) is 3. The number of aromatic carboxylic acids is 1. The Morgan fingerprint density at radius 1 is 1.29 bits per heavy atom. The van der Waals surface area contributed by atoms with Crippen LogP contribution in [0, 0.1) is 6.92 Å². The third-order valence-electron chi connectivity index (χ3n) is 3.04. The lowest BCUT2D eigenvalue weighted by Crippen LogP contribution is -2.40. The number of hydrogen-bond acceptors (Lipinski definition) is 3. The van der Waals surface area contributed by atoms with Gasteiger partial charge in [-0.15, -0.1) is 0 Å². The summed E-state index contributed by atoms with van der Waals surface area (Å²) in [5, 5.41) is 14.0. The number of amides is 3. The minimum absolute atomic E-state index is 0.00199. The van der Waals surface area contributed by atoms with E-state index in [0.717, 1.165) is 0 Å². The summed E-state index contributed by atoms with van der Waals surface area (Å²) >= 11 is 0. The maximum atomic E-state index is 11.8. The van der Waals surface area contributed by atoms with Gasteiger partial charge in [-0.3, -0.25) is 4.79 Å². The molecule has 1 rings (SSSR count). The van der Waals surface area contributed by atoms with Gasteiger partial charge in [0.05, 0.1) is 17.8 Å². The number of para-hydroxylation sites is 1. The van der Waals surface area contributed by atoms with Gasteiger partial charge in [-0.1, -0.05) is 12.1 Å². The molecule has 0 aliphatic carbocycles. The van der Waals surface area contributed by atoms with Crippen LogP contribution in [0.3, 0.4) is 0 Å². The minimum atomic E-state index is -1.13. The van der Waals surface area contributed by atoms with Gasteiger partial charge in [0.25, 0.3) is 0 Å². The Labute approximate surface area is 122 Å². The van der Waals surface area contributed by atoms with E-state index in [-0.39, 0.29) is 23.7 Å². The predicted molar refractivity (Wildman–Crippen MR) is 78.5 cm³/mol. The van der Waals surface area contributed by atoms with Crippen LogP contribution in [0.15, 0.2) is 18.2 Å². The first kappa shape index (κ1) is 16.5. The van der Waals surface area contributed by atoms with Crippen LogP contribution in [0.1, 0.15) is 22.8 Å². The Balaban J connectivity index is 2.72. The van der Waals surface area contributed by atoms with Crippen molar-refractivity contribution in [3.05, 3.63) is 29.3 Å². The van der Waals surface area contributed by atoms with Gasteiger partial charge in [-0.25, -0.2) is 9.59 Å². The highest BCUT2D eigenvalue weighted by Gasteiger charge is 2.15. The monoisotopic (exact) mass is 293 g/mol. The van der Waals surface area contributed by atoms with E-state index in [2.05, 4.69) is 10.6 Å². The average molecular weight is 293 g/mol. The Morgan fingerprint density at radius 2 is 1.95 bits per heavy atom. The van der Waals surface area contributed by atoms with E-state index in [9.17, 15) is 14.4 Å². The van der Waals surface area contributed by atoms with Crippen LogP contribution in [-0.2, 0) is 4.79 Å². The molecule has 0 radical (unpaired) electrons. The lowest BCUT2D eigenvalue weighted by Gasteiger charge is -2.16. The number of nitrogens with zero attached hydrogens (tertiary/aromatic N) is 1. The largest absolute Gasteiger partial charge is 0.478 e. The fourth-order valence-corrected chi connectivity index (χ4v) is 1.64. The highest BCUT2D eigenvalue weighted by atomic mass is 16.4. The van der Waals surface area contributed by atoms with E-state index >= 15 is 0 Å². The van der Waals surface area contributed by atoms with E-state index in [0.29, 0.717) is 12.1 Å². The normalized spacial score (nSPS) is 9.86. The second kappa shape index (κ2) is 7.28. The van der Waals surface area contributed by atoms with Crippen LogP contribution in [0.25, 0.3) is 0 Å². The molecule has 0 fully saturated rings. The first-order valence-electron chi connectivity index (χ1n) is 6.48. The van der Waals surface area contributed by atoms with Gasteiger partial charge in [0.1, 0.15) is 0 Å². The number of carboxylic acid groups (broad SMARTS) is 1. The molecular formula is C14H19N3O4. The Morgan fingerprint density at radius 3 is 2.52 bits per heavy atom. The van der Waals surface area contributed by atoms with E-state index in [1.807, 2.05) is 6.92 Å². The SMILES string of the molecule is CCN(C)C(=O)CNC(=O)Nc1c(C)cccc1C(=O)O. The van der Waals surface area contributed by atoms with E-state index in [1.165, 1.54) is 11.0 Å². The maximum Gasteiger partial charge on any atom is 0.337 e. The van der Waals surface area contributed by atoms with Crippen molar-refractivity contribution in [1.82, 2.24) is 10.2 Å². The summed E-state index contributed by atoms with van der Waals surface area (Å²) in [5.74, 6) is -1.35. The zero-order chi connectivity index (χ0) is 16.0. The molecular weight excluding hydrogens is 274 g/mol. The third-order valence-corrected chi connectivity index (χ3v) is 3.04. The van der Waals surface area contributed by atoms with Crippen LogP contribution in [0.2, 0.25) is 0 Å². The molecule has 3 amide bonds. The van der Waals surface area contributed by atoms with Crippen molar-refractivity contribution in [2.24, 2.45) is 0 Å². The maximum absolute atomic E-state index is 11.8. The number of urea groups is 1. The highest BCUT2D eigenvalue weighted by Crippen LogP contribution is 2.20. The number of carbonyl (C=O) groups excluding carboxylic acids is 2. The van der Waals surface area contributed by atoms with Crippen molar-refractivity contribution in [1.29, 1.82) is 0 Å². The molecule has 1 aromatic rings. The molecule has 21 heavy (non-hydrogen) atoms. The lowest BCUT2D eigenvalue weighted by atomic mass is 10.1. The summed E-state index contributed by atoms with van der Waals surface area (Å²) in [6.45, 7) is 3.91. The molecule has 0 heterocycles. The molecule has 7 nitrogen and oxygen atoms in total. The lowest BCUT2D eigenvalue weighted by molar-refractivity contribution is -0.128. The van der Waals surface area contributed by atoms with E-state index < -0.39 is 12.0 Å². The molecule has 7 heteroatoms. The van der Waals surface area contributed by atoms with Crippen molar-refractivity contribution in [2.75, 3.05) is 25.5 Å². The van der Waals surface area contributed by atoms with Crippen LogP contribution < -0.4 is 10.6 Å². The van der Waals surface area contributed by atoms with Gasteiger partial charge in [-0.2, -0.15) is 0 Å². The standard InChI is InChI=1S/C14H19N3O4/c1-4-17(3)11(18)8-15-14(21)16-12-9(2)6-5-7-10(12)13(19)20/h5-7H,4,8H2,1-3H3,(H,19,20)(H2,15,16,21). The number of likely N-dealkylation sites (N-methyl/N-ethyl adjacent to an activating group) is 1. The quantitative estimate of drug-likeness (QED) is 0.762. The molecule has 3 N–H and O–H groups in total. The van der Waals surface area contributed by atoms with E-state index in [4.69, 9.17) is 5.11 Å². The first-order valence-corrected chi connectivity index (χ1v) is 6.48. The van der Waals surface area contributed by atoms with E-state index in [1.54, 1.807) is 26.1 Å². The second-order valence-electron chi connectivity index (χ2n) is 4.52. The summed E-state index contributed by atoms with van der Waals surface area (Å²) in [6.07, 6.45) is 0. The number of benzene rings is 1. The fourth-order valence-electron chi connectivity index (χ4n) is 1.64. The number of carboxylic acids is 1. The zero-order valence-electron chi connectivity index (χ0n) is 12.3. The summed E-state index contributed by atoms with van der Waals surface area (Å²) < 4.78 is 0. The summed E-state index contributed by atoms with van der Waals surface area (Å²) in [7, 11) is 1.63. The fraction of sp³-hybridized carbons (Fsp3) is 0.357. The van der Waals surface area contributed by atoms with Gasteiger partial charge >= 0.3 is 12.0 Å². The molecule has 0 saturated heterocycles. The minimum Gasteiger partial charge on any atom is -0.478 e. The van der Waals surface area contributed by atoms with Gasteiger partial charge in [0.15, 0.2) is 0 Å². The van der Waals surface area contributed by atoms with Crippen LogP contribution in [0.5, 0.6) is 0 Å². The van der Waals surface area contributed by atoms with Gasteiger partial charge < -0.3 is 20.6 Å². The number of carbonyl (C=O) groups is 3. The molecule has 0 atom stereocenters. The van der Waals surface area contributed by atoms with Crippen molar-refractivity contribution < 1.29 is 19.5 Å². The molecule has 1 aromatic carbocycles. The van der Waals surface area contributed by atoms with Crippen LogP contribution in [0.4, 0.5) is 10.5 Å². The first-order chi connectivity index (χ1) is 9.86. The van der Waals surface area contributed by atoms with Crippen LogP contribution in [-0.4, -0.2) is 48.1 Å². The molecule has 0 saturated carbocycles. The molecule has 114 valence electrons. The smallest absolute Gasteiger partial charge is 0.337 e. The number of rotatable bonds is 5. The number of nitrogens with one attached hydrogen (secondary N) is 2. The Kier molecular flexibility index (Phi) is 5.71. The Bertz CT molecular complexity index is 557. The van der Waals surface area contributed by atoms with Crippen molar-refractivity contribution in [3.8, 4) is 0 Å². The second-order valence-corrected chi connectivity index (χ2v) is 4.52. The van der Waals surface area contributed by atoms with Gasteiger partial charge in [-0.05, 0) is 25.5 Å². The van der Waals surface area contributed by atoms with Crippen molar-refractivity contribution in [3.63, 3.8) is 0 Å². The van der Waals surface area contributed by atoms with Crippen molar-refractivity contribution in [2.45, 2.75) is 13.8 Å². The molecule has 0 aliphatic heterocycles. The molecule has 0 unspecified atom stereocenters. The number of anilines is 1. The zero-order valence-corrected chi connectivity index (χ0v) is 12.3. The summed E-state index contributed by atoms with van der Waals surface area (Å²) in [4.78, 5) is 35.9. The summed E-state index contributed by atoms with van der Waals surface area (Å²) in [5.41, 5.74) is 0.850. The van der Waals surface area contributed by atoms with Crippen LogP contribution >= 0.6 is 0 Å². The van der Waals surface area contributed by atoms with Gasteiger partial charge in [0.2, 0.25) is 5.91 Å². The van der Waals surface area contributed by atoms with Gasteiger partial charge in [0, 0.05) is 13.6 Å². The molecule has 0 aromatic heterocycles. The number of aryl methyl sites for hydroxylation is 1.